The number of nitrogens with zero attached hydrogens (tertiary/aromatic N) is 4. The molecule has 6 nitrogen and oxygen atoms in total. The minimum atomic E-state index is 0.322. The standard InChI is InChI=1S/C10H19N5OS/c1-7(6-17-5)15(3)9-12-8(11-2)13-10(14-9)16-4/h7H,6H2,1-5H3,(H,11,12,13,14). The predicted molar refractivity (Wildman–Crippen MR) is 72.2 cm³/mol. The summed E-state index contributed by atoms with van der Waals surface area (Å²) in [6.45, 7) is 2.13. The lowest BCUT2D eigenvalue weighted by molar-refractivity contribution is 0.378. The van der Waals surface area contributed by atoms with Crippen molar-refractivity contribution in [3.05, 3.63) is 0 Å². The summed E-state index contributed by atoms with van der Waals surface area (Å²) in [5.41, 5.74) is 0. The van der Waals surface area contributed by atoms with E-state index in [0.717, 1.165) is 5.75 Å². The first kappa shape index (κ1) is 13.8. The summed E-state index contributed by atoms with van der Waals surface area (Å²) in [6, 6.07) is 0.671. The average Bonchev–Trinajstić information content (AvgIpc) is 2.37. The number of rotatable bonds is 6. The van der Waals surface area contributed by atoms with Gasteiger partial charge >= 0.3 is 6.01 Å². The Morgan fingerprint density at radius 3 is 2.65 bits per heavy atom. The minimum absolute atomic E-state index is 0.322. The fraction of sp³-hybridized carbons (Fsp3) is 0.700. The quantitative estimate of drug-likeness (QED) is 0.819. The zero-order valence-electron chi connectivity index (χ0n) is 10.9. The van der Waals surface area contributed by atoms with Crippen LogP contribution in [-0.2, 0) is 0 Å². The third kappa shape index (κ3) is 3.62. The van der Waals surface area contributed by atoms with Crippen molar-refractivity contribution in [2.75, 3.05) is 43.4 Å². The van der Waals surface area contributed by atoms with E-state index in [2.05, 4.69) is 33.4 Å². The van der Waals surface area contributed by atoms with Gasteiger partial charge in [0.2, 0.25) is 11.9 Å². The Hall–Kier alpha value is -1.24. The highest BCUT2D eigenvalue weighted by Crippen LogP contribution is 2.16. The molecule has 17 heavy (non-hydrogen) atoms. The van der Waals surface area contributed by atoms with E-state index >= 15 is 0 Å². The number of methoxy groups -OCH3 is 1. The topological polar surface area (TPSA) is 63.2 Å². The summed E-state index contributed by atoms with van der Waals surface area (Å²) in [4.78, 5) is 14.6. The monoisotopic (exact) mass is 257 g/mol. The van der Waals surface area contributed by atoms with Crippen molar-refractivity contribution in [2.24, 2.45) is 0 Å². The number of anilines is 2. The van der Waals surface area contributed by atoms with Crippen LogP contribution in [-0.4, -0.2) is 54.2 Å². The number of hydrogen-bond donors (Lipinski definition) is 1. The van der Waals surface area contributed by atoms with Gasteiger partial charge in [-0.25, -0.2) is 0 Å². The molecule has 0 aliphatic heterocycles. The summed E-state index contributed by atoms with van der Waals surface area (Å²) in [6.07, 6.45) is 2.08. The Bertz CT molecular complexity index is 340. The molecule has 1 heterocycles. The second kappa shape index (κ2) is 6.48. The zero-order chi connectivity index (χ0) is 12.8. The molecular weight excluding hydrogens is 238 g/mol. The summed E-state index contributed by atoms with van der Waals surface area (Å²) in [7, 11) is 5.28. The van der Waals surface area contributed by atoms with Crippen molar-refractivity contribution >= 4 is 23.7 Å². The fourth-order valence-corrected chi connectivity index (χ4v) is 1.96. The van der Waals surface area contributed by atoms with Gasteiger partial charge in [-0.3, -0.25) is 0 Å². The maximum absolute atomic E-state index is 5.05. The van der Waals surface area contributed by atoms with Gasteiger partial charge in [0, 0.05) is 25.9 Å². The zero-order valence-corrected chi connectivity index (χ0v) is 11.7. The Kier molecular flexibility index (Phi) is 5.27. The van der Waals surface area contributed by atoms with E-state index in [0.29, 0.717) is 23.9 Å². The highest BCUT2D eigenvalue weighted by Gasteiger charge is 2.15. The Morgan fingerprint density at radius 1 is 1.41 bits per heavy atom. The number of aromatic nitrogens is 3. The Labute approximate surface area is 106 Å². The van der Waals surface area contributed by atoms with Gasteiger partial charge in [0.15, 0.2) is 0 Å². The number of hydrogen-bond acceptors (Lipinski definition) is 7. The normalized spacial score (nSPS) is 12.1. The molecule has 1 N–H and O–H groups in total. The predicted octanol–water partition coefficient (Wildman–Crippen LogP) is 1.11. The van der Waals surface area contributed by atoms with Crippen LogP contribution in [0.15, 0.2) is 0 Å². The van der Waals surface area contributed by atoms with Crippen molar-refractivity contribution in [1.82, 2.24) is 15.0 Å². The van der Waals surface area contributed by atoms with Crippen molar-refractivity contribution in [3.63, 3.8) is 0 Å². The van der Waals surface area contributed by atoms with Gasteiger partial charge in [0.05, 0.1) is 7.11 Å². The number of nitrogens with one attached hydrogen (secondary N) is 1. The van der Waals surface area contributed by atoms with Gasteiger partial charge in [-0.2, -0.15) is 26.7 Å². The van der Waals surface area contributed by atoms with Gasteiger partial charge in [0.1, 0.15) is 0 Å². The summed E-state index contributed by atoms with van der Waals surface area (Å²) in [5, 5.41) is 2.89. The van der Waals surface area contributed by atoms with E-state index in [9.17, 15) is 0 Å². The molecule has 0 bridgehead atoms. The van der Waals surface area contributed by atoms with E-state index in [-0.39, 0.29) is 0 Å². The van der Waals surface area contributed by atoms with Gasteiger partial charge in [-0.15, -0.1) is 0 Å². The molecule has 0 saturated carbocycles. The lowest BCUT2D eigenvalue weighted by Gasteiger charge is -2.24. The third-order valence-electron chi connectivity index (χ3n) is 2.39. The van der Waals surface area contributed by atoms with Crippen LogP contribution >= 0.6 is 11.8 Å². The van der Waals surface area contributed by atoms with Gasteiger partial charge in [-0.05, 0) is 13.2 Å². The molecule has 0 spiro atoms. The highest BCUT2D eigenvalue weighted by atomic mass is 32.2. The van der Waals surface area contributed by atoms with Crippen LogP contribution in [0.25, 0.3) is 0 Å². The molecule has 0 aliphatic carbocycles. The average molecular weight is 257 g/mol. The van der Waals surface area contributed by atoms with Crippen LogP contribution in [0.2, 0.25) is 0 Å². The Morgan fingerprint density at radius 2 is 2.12 bits per heavy atom. The lowest BCUT2D eigenvalue weighted by Crippen LogP contribution is -2.32. The first-order valence-electron chi connectivity index (χ1n) is 5.32. The van der Waals surface area contributed by atoms with E-state index in [1.54, 1.807) is 25.9 Å². The molecule has 96 valence electrons. The van der Waals surface area contributed by atoms with E-state index in [4.69, 9.17) is 4.74 Å². The van der Waals surface area contributed by atoms with Crippen LogP contribution in [0.1, 0.15) is 6.92 Å². The van der Waals surface area contributed by atoms with Crippen molar-refractivity contribution < 1.29 is 4.74 Å². The van der Waals surface area contributed by atoms with Crippen molar-refractivity contribution in [2.45, 2.75) is 13.0 Å². The van der Waals surface area contributed by atoms with Crippen LogP contribution in [0, 0.1) is 0 Å². The second-order valence-electron chi connectivity index (χ2n) is 3.61. The molecule has 0 amide bonds. The molecule has 0 fully saturated rings. The van der Waals surface area contributed by atoms with Gasteiger partial charge in [0.25, 0.3) is 0 Å². The molecule has 1 rings (SSSR count). The van der Waals surface area contributed by atoms with E-state index < -0.39 is 0 Å². The highest BCUT2D eigenvalue weighted by molar-refractivity contribution is 7.98. The molecule has 0 radical (unpaired) electrons. The molecule has 1 unspecified atom stereocenters. The van der Waals surface area contributed by atoms with Crippen LogP contribution in [0.5, 0.6) is 6.01 Å². The van der Waals surface area contributed by atoms with Crippen LogP contribution < -0.4 is 15.0 Å². The van der Waals surface area contributed by atoms with Gasteiger partial charge in [-0.1, -0.05) is 0 Å². The van der Waals surface area contributed by atoms with Crippen LogP contribution in [0.4, 0.5) is 11.9 Å². The van der Waals surface area contributed by atoms with E-state index in [1.165, 1.54) is 0 Å². The molecule has 1 atom stereocenters. The minimum Gasteiger partial charge on any atom is -0.467 e. The summed E-state index contributed by atoms with van der Waals surface area (Å²) >= 11 is 1.79. The maximum Gasteiger partial charge on any atom is 0.322 e. The molecular formula is C10H19N5OS. The molecule has 0 saturated heterocycles. The smallest absolute Gasteiger partial charge is 0.322 e. The van der Waals surface area contributed by atoms with E-state index in [1.807, 2.05) is 11.9 Å². The first-order chi connectivity index (χ1) is 8.12. The molecule has 1 aromatic heterocycles. The number of ether oxygens (including phenoxy) is 1. The summed E-state index contributed by atoms with van der Waals surface area (Å²) in [5.74, 6) is 2.14. The molecule has 0 aliphatic rings. The maximum atomic E-state index is 5.05. The second-order valence-corrected chi connectivity index (χ2v) is 4.52. The largest absolute Gasteiger partial charge is 0.467 e. The SMILES string of the molecule is CNc1nc(OC)nc(N(C)C(C)CSC)n1. The van der Waals surface area contributed by atoms with Crippen molar-refractivity contribution in [1.29, 1.82) is 0 Å². The lowest BCUT2D eigenvalue weighted by atomic mass is 10.3. The Balaban J connectivity index is 2.95. The fourth-order valence-electron chi connectivity index (χ4n) is 1.26. The van der Waals surface area contributed by atoms with Crippen LogP contribution in [0.3, 0.4) is 0 Å². The first-order valence-corrected chi connectivity index (χ1v) is 6.71. The molecule has 0 aromatic carbocycles. The molecule has 1 aromatic rings. The summed E-state index contributed by atoms with van der Waals surface area (Å²) < 4.78 is 5.05. The third-order valence-corrected chi connectivity index (χ3v) is 3.21. The number of thioether (sulfide) groups is 1. The van der Waals surface area contributed by atoms with Gasteiger partial charge < -0.3 is 15.0 Å². The molecule has 7 heteroatoms. The van der Waals surface area contributed by atoms with Crippen molar-refractivity contribution in [3.8, 4) is 6.01 Å².